The second kappa shape index (κ2) is 7.20. The van der Waals surface area contributed by atoms with Gasteiger partial charge in [0.25, 0.3) is 5.91 Å². The molecule has 128 valence electrons. The van der Waals surface area contributed by atoms with Gasteiger partial charge in [-0.15, -0.1) is 0 Å². The smallest absolute Gasteiger partial charge is 0.257 e. The SMILES string of the molecule is C[C@](O)(CS(=O)(=O)C1CCCCC1)C(=O)Nc1ccc(Cl)cc1. The molecule has 7 heteroatoms. The molecule has 1 aromatic rings. The van der Waals surface area contributed by atoms with Crippen molar-refractivity contribution in [1.29, 1.82) is 0 Å². The zero-order valence-electron chi connectivity index (χ0n) is 13.1. The molecule has 1 aliphatic carbocycles. The third-order valence-corrected chi connectivity index (χ3v) is 6.84. The molecular formula is C16H22ClNO4S. The van der Waals surface area contributed by atoms with Crippen molar-refractivity contribution >= 4 is 33.0 Å². The van der Waals surface area contributed by atoms with Gasteiger partial charge in [0.15, 0.2) is 15.4 Å². The van der Waals surface area contributed by atoms with Crippen LogP contribution in [0.1, 0.15) is 39.0 Å². The Balaban J connectivity index is 2.04. The number of anilines is 1. The zero-order valence-corrected chi connectivity index (χ0v) is 14.7. The van der Waals surface area contributed by atoms with Crippen LogP contribution in [0.15, 0.2) is 24.3 Å². The lowest BCUT2D eigenvalue weighted by molar-refractivity contribution is -0.130. The third-order valence-electron chi connectivity index (χ3n) is 4.13. The molecule has 2 N–H and O–H groups in total. The average Bonchev–Trinajstić information content (AvgIpc) is 2.49. The fourth-order valence-corrected chi connectivity index (χ4v) is 5.13. The van der Waals surface area contributed by atoms with E-state index in [-0.39, 0.29) is 0 Å². The highest BCUT2D eigenvalue weighted by atomic mass is 35.5. The largest absolute Gasteiger partial charge is 0.379 e. The minimum atomic E-state index is -3.52. The van der Waals surface area contributed by atoms with Gasteiger partial charge < -0.3 is 10.4 Å². The zero-order chi connectivity index (χ0) is 17.1. The lowest BCUT2D eigenvalue weighted by Crippen LogP contribution is -2.47. The highest BCUT2D eigenvalue weighted by Gasteiger charge is 2.39. The van der Waals surface area contributed by atoms with Gasteiger partial charge in [-0.1, -0.05) is 30.9 Å². The highest BCUT2D eigenvalue weighted by molar-refractivity contribution is 7.92. The van der Waals surface area contributed by atoms with E-state index in [1.807, 2.05) is 0 Å². The average molecular weight is 360 g/mol. The molecule has 1 atom stereocenters. The van der Waals surface area contributed by atoms with E-state index >= 15 is 0 Å². The van der Waals surface area contributed by atoms with E-state index < -0.39 is 32.3 Å². The first kappa shape index (κ1) is 18.2. The molecule has 1 aromatic carbocycles. The van der Waals surface area contributed by atoms with Crippen LogP contribution in [0, 0.1) is 0 Å². The number of amides is 1. The van der Waals surface area contributed by atoms with Crippen LogP contribution in [0.25, 0.3) is 0 Å². The maximum Gasteiger partial charge on any atom is 0.257 e. The summed E-state index contributed by atoms with van der Waals surface area (Å²) in [6.07, 6.45) is 4.01. The Morgan fingerprint density at radius 3 is 2.39 bits per heavy atom. The molecule has 0 bridgehead atoms. The first-order valence-electron chi connectivity index (χ1n) is 7.72. The standard InChI is InChI=1S/C16H22ClNO4S/c1-16(20,11-23(21,22)14-5-3-2-4-6-14)15(19)18-13-9-7-12(17)8-10-13/h7-10,14,20H,2-6,11H2,1H3,(H,18,19)/t16-/m0/s1. The quantitative estimate of drug-likeness (QED) is 0.846. The molecule has 0 radical (unpaired) electrons. The Hall–Kier alpha value is -1.11. The van der Waals surface area contributed by atoms with Crippen molar-refractivity contribution in [2.45, 2.75) is 49.9 Å². The molecule has 1 saturated carbocycles. The Morgan fingerprint density at radius 1 is 1.26 bits per heavy atom. The number of carbonyl (C=O) groups excluding carboxylic acids is 1. The monoisotopic (exact) mass is 359 g/mol. The van der Waals surface area contributed by atoms with Gasteiger partial charge in [0.05, 0.1) is 11.0 Å². The minimum absolute atomic E-state index is 0.453. The molecular weight excluding hydrogens is 338 g/mol. The van der Waals surface area contributed by atoms with Crippen molar-refractivity contribution in [3.05, 3.63) is 29.3 Å². The molecule has 2 rings (SSSR count). The summed E-state index contributed by atoms with van der Waals surface area (Å²) in [4.78, 5) is 12.2. The van der Waals surface area contributed by atoms with Gasteiger partial charge in [0.1, 0.15) is 0 Å². The fourth-order valence-electron chi connectivity index (χ4n) is 2.80. The third kappa shape index (κ3) is 4.93. The normalized spacial score (nSPS) is 19.1. The van der Waals surface area contributed by atoms with E-state index in [2.05, 4.69) is 5.32 Å². The van der Waals surface area contributed by atoms with Crippen LogP contribution < -0.4 is 5.32 Å². The van der Waals surface area contributed by atoms with Gasteiger partial charge in [-0.3, -0.25) is 4.79 Å². The van der Waals surface area contributed by atoms with Crippen LogP contribution in [-0.2, 0) is 14.6 Å². The van der Waals surface area contributed by atoms with Gasteiger partial charge in [-0.05, 0) is 44.0 Å². The van der Waals surface area contributed by atoms with Gasteiger partial charge in [-0.25, -0.2) is 8.42 Å². The Morgan fingerprint density at radius 2 is 1.83 bits per heavy atom. The number of aliphatic hydroxyl groups is 1. The number of halogens is 1. The summed E-state index contributed by atoms with van der Waals surface area (Å²) in [5, 5.41) is 12.9. The van der Waals surface area contributed by atoms with Gasteiger partial charge >= 0.3 is 0 Å². The van der Waals surface area contributed by atoms with Crippen molar-refractivity contribution in [3.8, 4) is 0 Å². The van der Waals surface area contributed by atoms with Gasteiger partial charge in [0, 0.05) is 10.7 Å². The van der Waals surface area contributed by atoms with Crippen molar-refractivity contribution in [1.82, 2.24) is 0 Å². The maximum absolute atomic E-state index is 12.4. The number of hydrogen-bond donors (Lipinski definition) is 2. The summed E-state index contributed by atoms with van der Waals surface area (Å²) in [5.41, 5.74) is -1.52. The van der Waals surface area contributed by atoms with Crippen LogP contribution in [0.5, 0.6) is 0 Å². The Labute approximate surface area is 142 Å². The first-order chi connectivity index (χ1) is 10.7. The predicted molar refractivity (Wildman–Crippen MR) is 91.4 cm³/mol. The fraction of sp³-hybridized carbons (Fsp3) is 0.562. The van der Waals surface area contributed by atoms with E-state index in [9.17, 15) is 18.3 Å². The lowest BCUT2D eigenvalue weighted by atomic mass is 10.0. The number of rotatable bonds is 5. The highest BCUT2D eigenvalue weighted by Crippen LogP contribution is 2.26. The number of nitrogens with one attached hydrogen (secondary N) is 1. The molecule has 0 aromatic heterocycles. The van der Waals surface area contributed by atoms with Gasteiger partial charge in [0.2, 0.25) is 0 Å². The summed E-state index contributed by atoms with van der Waals surface area (Å²) in [5.74, 6) is -1.30. The molecule has 0 aliphatic heterocycles. The molecule has 5 nitrogen and oxygen atoms in total. The topological polar surface area (TPSA) is 83.5 Å². The summed E-state index contributed by atoms with van der Waals surface area (Å²) in [6.45, 7) is 1.23. The number of hydrogen-bond acceptors (Lipinski definition) is 4. The van der Waals surface area contributed by atoms with Crippen LogP contribution in [0.2, 0.25) is 5.02 Å². The second-order valence-electron chi connectivity index (χ2n) is 6.30. The van der Waals surface area contributed by atoms with Crippen LogP contribution in [0.3, 0.4) is 0 Å². The van der Waals surface area contributed by atoms with Crippen molar-refractivity contribution < 1.29 is 18.3 Å². The first-order valence-corrected chi connectivity index (χ1v) is 9.81. The summed E-state index contributed by atoms with van der Waals surface area (Å²) in [7, 11) is -3.52. The molecule has 0 spiro atoms. The lowest BCUT2D eigenvalue weighted by Gasteiger charge is -2.27. The van der Waals surface area contributed by atoms with Crippen LogP contribution in [0.4, 0.5) is 5.69 Å². The maximum atomic E-state index is 12.4. The van der Waals surface area contributed by atoms with E-state index in [0.717, 1.165) is 19.3 Å². The summed E-state index contributed by atoms with van der Waals surface area (Å²) >= 11 is 5.77. The molecule has 1 fully saturated rings. The molecule has 1 amide bonds. The number of sulfone groups is 1. The van der Waals surface area contributed by atoms with Crippen molar-refractivity contribution in [2.75, 3.05) is 11.1 Å². The van der Waals surface area contributed by atoms with Crippen LogP contribution in [-0.4, -0.2) is 36.0 Å². The molecule has 0 saturated heterocycles. The van der Waals surface area contributed by atoms with E-state index in [1.165, 1.54) is 6.92 Å². The van der Waals surface area contributed by atoms with Gasteiger partial charge in [-0.2, -0.15) is 0 Å². The number of benzene rings is 1. The minimum Gasteiger partial charge on any atom is -0.379 e. The van der Waals surface area contributed by atoms with Crippen LogP contribution >= 0.6 is 11.6 Å². The molecule has 1 aliphatic rings. The van der Waals surface area contributed by atoms with E-state index in [4.69, 9.17) is 11.6 Å². The molecule has 23 heavy (non-hydrogen) atoms. The second-order valence-corrected chi connectivity index (χ2v) is 9.02. The molecule has 0 unspecified atom stereocenters. The Bertz CT molecular complexity index is 649. The summed E-state index contributed by atoms with van der Waals surface area (Å²) < 4.78 is 24.9. The van der Waals surface area contributed by atoms with E-state index in [1.54, 1.807) is 24.3 Å². The number of carbonyl (C=O) groups is 1. The molecule has 0 heterocycles. The van der Waals surface area contributed by atoms with Crippen molar-refractivity contribution in [3.63, 3.8) is 0 Å². The summed E-state index contributed by atoms with van der Waals surface area (Å²) in [6, 6.07) is 6.38. The van der Waals surface area contributed by atoms with Crippen molar-refractivity contribution in [2.24, 2.45) is 0 Å². The van der Waals surface area contributed by atoms with E-state index in [0.29, 0.717) is 23.6 Å². The Kier molecular flexibility index (Phi) is 5.70. The predicted octanol–water partition coefficient (Wildman–Crippen LogP) is 2.78.